The summed E-state index contributed by atoms with van der Waals surface area (Å²) >= 11 is 0. The fourth-order valence-electron chi connectivity index (χ4n) is 13.9. The first-order chi connectivity index (χ1) is 39.2. The Kier molecular flexibility index (Phi) is 13.7. The van der Waals surface area contributed by atoms with E-state index in [1.165, 1.54) is 128 Å². The molecule has 2 heteroatoms. The van der Waals surface area contributed by atoms with Gasteiger partial charge in [0.25, 0.3) is 0 Å². The second-order valence-corrected chi connectivity index (χ2v) is 23.6. The molecule has 0 spiro atoms. The molecule has 3 aliphatic carbocycles. The molecule has 0 saturated carbocycles. The largest absolute Gasteiger partial charge is 0.457 e. The summed E-state index contributed by atoms with van der Waals surface area (Å²) in [7, 11) is 0. The summed E-state index contributed by atoms with van der Waals surface area (Å²) in [5.41, 5.74) is 25.3. The van der Waals surface area contributed by atoms with Crippen LogP contribution in [0.3, 0.4) is 0 Å². The zero-order valence-electron chi connectivity index (χ0n) is 47.3. The highest BCUT2D eigenvalue weighted by Gasteiger charge is 2.47. The first-order valence-electron chi connectivity index (χ1n) is 29.7. The van der Waals surface area contributed by atoms with Gasteiger partial charge in [-0.3, -0.25) is 0 Å². The lowest BCUT2D eigenvalue weighted by Crippen LogP contribution is -2.29. The summed E-state index contributed by atoms with van der Waals surface area (Å²) in [6.45, 7) is 11.8. The summed E-state index contributed by atoms with van der Waals surface area (Å²) in [4.78, 5) is 2.49. The smallest absolute Gasteiger partial charge is 0.127 e. The molecule has 3 atom stereocenters. The molecular formula is C78H73NO. The third-order valence-electron chi connectivity index (χ3n) is 18.5. The van der Waals surface area contributed by atoms with Crippen molar-refractivity contribution in [3.05, 3.63) is 292 Å². The molecule has 80 heavy (non-hydrogen) atoms. The number of hydrogen-bond donors (Lipinski definition) is 0. The molecular weight excluding hydrogens is 967 g/mol. The van der Waals surface area contributed by atoms with Crippen molar-refractivity contribution in [1.82, 2.24) is 0 Å². The molecule has 0 N–H and O–H groups in total. The van der Waals surface area contributed by atoms with Gasteiger partial charge in [0.2, 0.25) is 0 Å². The van der Waals surface area contributed by atoms with E-state index >= 15 is 0 Å². The quantitative estimate of drug-likeness (QED) is 0.0794. The second kappa shape index (κ2) is 21.5. The molecule has 10 aromatic carbocycles. The molecule has 0 fully saturated rings. The van der Waals surface area contributed by atoms with E-state index in [9.17, 15) is 0 Å². The fraction of sp³-hybridized carbons (Fsp3) is 0.231. The molecule has 2 nitrogen and oxygen atoms in total. The zero-order valence-corrected chi connectivity index (χ0v) is 47.3. The molecule has 0 bridgehead atoms. The van der Waals surface area contributed by atoms with Crippen LogP contribution < -0.4 is 9.64 Å². The van der Waals surface area contributed by atoms with E-state index < -0.39 is 5.41 Å². The summed E-state index contributed by atoms with van der Waals surface area (Å²) in [5, 5.41) is 0. The average Bonchev–Trinajstić information content (AvgIpc) is 4.16. The predicted molar refractivity (Wildman–Crippen MR) is 336 cm³/mol. The van der Waals surface area contributed by atoms with Gasteiger partial charge < -0.3 is 9.64 Å². The number of rotatable bonds is 18. The van der Waals surface area contributed by atoms with Gasteiger partial charge in [0.1, 0.15) is 11.5 Å². The standard InChI is InChI=1S/C78H73NO/c1-6-8-9-11-18-54-25-35-62(36-26-54)78(63-37-45-68(46-38-63)80-67-43-33-56(34-44-67)53(3)49-55(7-2)60-29-27-59-28-30-61(59)50-60)74-24-17-15-22-70(74)72-48-42-66(52-76(72)78)79(64-39-31-58(32-40-64)57-19-12-10-13-20-57)65-41-47-71-69-21-14-16-23-73(69)77(4,5)75(71)51-65/h10,12-17,19-27,29,31-48,50-53,55H,6-9,11,18,28,30,49H2,1-5H3. The van der Waals surface area contributed by atoms with Gasteiger partial charge in [0.15, 0.2) is 0 Å². The van der Waals surface area contributed by atoms with E-state index in [1.807, 2.05) is 0 Å². The summed E-state index contributed by atoms with van der Waals surface area (Å²) in [6, 6.07) is 87.1. The van der Waals surface area contributed by atoms with Crippen molar-refractivity contribution in [3.8, 4) is 44.9 Å². The maximum absolute atomic E-state index is 6.73. The van der Waals surface area contributed by atoms with E-state index in [0.29, 0.717) is 11.8 Å². The van der Waals surface area contributed by atoms with Gasteiger partial charge in [-0.25, -0.2) is 0 Å². The zero-order chi connectivity index (χ0) is 54.4. The Labute approximate surface area is 475 Å². The molecule has 10 aromatic rings. The first kappa shape index (κ1) is 51.3. The molecule has 13 rings (SSSR count). The maximum atomic E-state index is 6.73. The third-order valence-corrected chi connectivity index (χ3v) is 18.5. The van der Waals surface area contributed by atoms with Crippen molar-refractivity contribution in [1.29, 1.82) is 0 Å². The normalized spacial score (nSPS) is 15.9. The SMILES string of the molecule is CCCCCCc1ccc(C2(c3ccc(Oc4ccc(C(C)CC(CC)c5ccc6c(c5)CC6)cc4)cc3)c3ccccc3-c3ccc(N(c4ccc(-c5ccccc5)cc4)c4ccc5c(c4)C(C)(C)c4ccccc4-5)cc32)cc1. The van der Waals surface area contributed by atoms with Crippen molar-refractivity contribution >= 4 is 17.1 Å². The number of hydrogen-bond acceptors (Lipinski definition) is 2. The Morgan fingerprint density at radius 1 is 0.450 bits per heavy atom. The van der Waals surface area contributed by atoms with Crippen LogP contribution in [0.1, 0.15) is 146 Å². The summed E-state index contributed by atoms with van der Waals surface area (Å²) in [6.07, 6.45) is 10.8. The van der Waals surface area contributed by atoms with Crippen LogP contribution in [0.4, 0.5) is 17.1 Å². The highest BCUT2D eigenvalue weighted by Crippen LogP contribution is 2.58. The minimum Gasteiger partial charge on any atom is -0.457 e. The minimum absolute atomic E-state index is 0.152. The monoisotopic (exact) mass is 1040 g/mol. The maximum Gasteiger partial charge on any atom is 0.127 e. The van der Waals surface area contributed by atoms with E-state index in [2.05, 4.69) is 270 Å². The van der Waals surface area contributed by atoms with Crippen molar-refractivity contribution in [2.45, 2.75) is 115 Å². The lowest BCUT2D eigenvalue weighted by molar-refractivity contribution is 0.481. The Morgan fingerprint density at radius 2 is 1.00 bits per heavy atom. The summed E-state index contributed by atoms with van der Waals surface area (Å²) < 4.78 is 6.73. The van der Waals surface area contributed by atoms with Crippen molar-refractivity contribution < 1.29 is 4.74 Å². The van der Waals surface area contributed by atoms with Gasteiger partial charge in [-0.1, -0.05) is 224 Å². The Bertz CT molecular complexity index is 3830. The number of benzene rings is 10. The Morgan fingerprint density at radius 3 is 1.65 bits per heavy atom. The molecule has 0 aromatic heterocycles. The van der Waals surface area contributed by atoms with Crippen LogP contribution in [0, 0.1) is 0 Å². The van der Waals surface area contributed by atoms with Crippen LogP contribution in [0.2, 0.25) is 0 Å². The molecule has 396 valence electrons. The number of nitrogens with zero attached hydrogens (tertiary/aromatic N) is 1. The molecule has 3 aliphatic rings. The third kappa shape index (κ3) is 9.17. The van der Waals surface area contributed by atoms with Crippen LogP contribution in [-0.4, -0.2) is 0 Å². The summed E-state index contributed by atoms with van der Waals surface area (Å²) in [5.74, 6) is 2.67. The number of aryl methyl sites for hydroxylation is 3. The van der Waals surface area contributed by atoms with E-state index in [1.54, 1.807) is 5.56 Å². The highest BCUT2D eigenvalue weighted by atomic mass is 16.5. The van der Waals surface area contributed by atoms with Crippen molar-refractivity contribution in [2.24, 2.45) is 0 Å². The van der Waals surface area contributed by atoms with E-state index in [4.69, 9.17) is 4.74 Å². The van der Waals surface area contributed by atoms with Crippen molar-refractivity contribution in [3.63, 3.8) is 0 Å². The van der Waals surface area contributed by atoms with Gasteiger partial charge in [-0.2, -0.15) is 0 Å². The van der Waals surface area contributed by atoms with Crippen LogP contribution in [-0.2, 0) is 30.1 Å². The van der Waals surface area contributed by atoms with Crippen LogP contribution in [0.5, 0.6) is 11.5 Å². The molecule has 0 saturated heterocycles. The second-order valence-electron chi connectivity index (χ2n) is 23.6. The van der Waals surface area contributed by atoms with Gasteiger partial charge in [0.05, 0.1) is 5.41 Å². The topological polar surface area (TPSA) is 12.5 Å². The van der Waals surface area contributed by atoms with Gasteiger partial charge in [-0.15, -0.1) is 0 Å². The lowest BCUT2D eigenvalue weighted by Gasteiger charge is -2.35. The molecule has 0 heterocycles. The Hall–Kier alpha value is -8.20. The molecule has 0 aliphatic heterocycles. The number of anilines is 3. The lowest BCUT2D eigenvalue weighted by atomic mass is 9.67. The highest BCUT2D eigenvalue weighted by molar-refractivity contribution is 5.91. The van der Waals surface area contributed by atoms with Gasteiger partial charge in [0, 0.05) is 22.5 Å². The number of unbranched alkanes of at least 4 members (excludes halogenated alkanes) is 3. The predicted octanol–water partition coefficient (Wildman–Crippen LogP) is 21.2. The average molecular weight is 1040 g/mol. The Balaban J connectivity index is 0.891. The first-order valence-corrected chi connectivity index (χ1v) is 29.7. The molecule has 3 unspecified atom stereocenters. The van der Waals surface area contributed by atoms with Gasteiger partial charge >= 0.3 is 0 Å². The molecule has 0 radical (unpaired) electrons. The van der Waals surface area contributed by atoms with E-state index in [0.717, 1.165) is 47.8 Å². The molecule has 0 amide bonds. The van der Waals surface area contributed by atoms with E-state index in [-0.39, 0.29) is 5.41 Å². The number of ether oxygens (including phenoxy) is 1. The fourth-order valence-corrected chi connectivity index (χ4v) is 13.9. The van der Waals surface area contributed by atoms with Crippen LogP contribution >= 0.6 is 0 Å². The minimum atomic E-state index is -0.625. The van der Waals surface area contributed by atoms with Crippen molar-refractivity contribution in [2.75, 3.05) is 4.90 Å². The number of fused-ring (bicyclic) bond motifs is 7. The van der Waals surface area contributed by atoms with Crippen LogP contribution in [0.25, 0.3) is 33.4 Å². The van der Waals surface area contributed by atoms with Crippen LogP contribution in [0.15, 0.2) is 231 Å². The van der Waals surface area contributed by atoms with Gasteiger partial charge in [-0.05, 0) is 206 Å².